The fourth-order valence-electron chi connectivity index (χ4n) is 3.91. The van der Waals surface area contributed by atoms with Gasteiger partial charge in [0.15, 0.2) is 15.3 Å². The molecule has 2 N–H and O–H groups in total. The second-order valence-electron chi connectivity index (χ2n) is 10.1. The number of nitrogens with one attached hydrogen (secondary N) is 2. The van der Waals surface area contributed by atoms with Crippen LogP contribution in [0.4, 0.5) is 5.69 Å². The molecule has 0 saturated heterocycles. The zero-order chi connectivity index (χ0) is 29.0. The van der Waals surface area contributed by atoms with Crippen LogP contribution >= 0.6 is 46.5 Å². The standard InChI is InChI=1S/C29H27ClN6O2S3/c1-29(2,3)33-25(38)17-40-28-32-22-14-13-20(15-23(22)41-28)31-24(37)16-39-27-35-34-26(18-9-11-19(30)12-10-18)36(27)21-7-5-4-6-8-21/h4-15H,16-17H2,1-3H3,(H,31,37)(H,33,38). The highest BCUT2D eigenvalue weighted by Crippen LogP contribution is 2.32. The molecular weight excluding hydrogens is 596 g/mol. The molecule has 2 heterocycles. The third-order valence-corrected chi connectivity index (χ3v) is 8.92. The summed E-state index contributed by atoms with van der Waals surface area (Å²) < 4.78 is 3.68. The normalized spacial score (nSPS) is 11.5. The smallest absolute Gasteiger partial charge is 0.234 e. The molecule has 0 atom stereocenters. The van der Waals surface area contributed by atoms with Gasteiger partial charge < -0.3 is 10.6 Å². The topological polar surface area (TPSA) is 102 Å². The second-order valence-corrected chi connectivity index (χ2v) is 13.7. The van der Waals surface area contributed by atoms with E-state index in [-0.39, 0.29) is 23.1 Å². The first-order valence-electron chi connectivity index (χ1n) is 12.7. The number of thioether (sulfide) groups is 2. The van der Waals surface area contributed by atoms with Gasteiger partial charge in [-0.15, -0.1) is 21.5 Å². The molecule has 5 rings (SSSR count). The third kappa shape index (κ3) is 7.68. The maximum atomic E-state index is 12.9. The van der Waals surface area contributed by atoms with Crippen molar-refractivity contribution in [2.24, 2.45) is 0 Å². The maximum Gasteiger partial charge on any atom is 0.234 e. The van der Waals surface area contributed by atoms with Crippen LogP contribution in [0.25, 0.3) is 27.3 Å². The third-order valence-electron chi connectivity index (χ3n) is 5.58. The lowest BCUT2D eigenvalue weighted by Gasteiger charge is -2.19. The Hall–Kier alpha value is -3.38. The highest BCUT2D eigenvalue weighted by Gasteiger charge is 2.18. The molecule has 210 valence electrons. The summed E-state index contributed by atoms with van der Waals surface area (Å²) in [6.45, 7) is 5.86. The van der Waals surface area contributed by atoms with E-state index in [9.17, 15) is 9.59 Å². The van der Waals surface area contributed by atoms with E-state index in [1.54, 1.807) is 0 Å². The van der Waals surface area contributed by atoms with Crippen molar-refractivity contribution in [2.75, 3.05) is 16.8 Å². The Balaban J connectivity index is 1.25. The Morgan fingerprint density at radius 3 is 2.39 bits per heavy atom. The van der Waals surface area contributed by atoms with Gasteiger partial charge in [-0.05, 0) is 75.4 Å². The van der Waals surface area contributed by atoms with Crippen LogP contribution in [0.5, 0.6) is 0 Å². The SMILES string of the molecule is CC(C)(C)NC(=O)CSc1nc2ccc(NC(=O)CSc3nnc(-c4ccc(Cl)cc4)n3-c3ccccc3)cc2s1. The Morgan fingerprint density at radius 1 is 0.927 bits per heavy atom. The van der Waals surface area contributed by atoms with E-state index in [2.05, 4.69) is 25.8 Å². The van der Waals surface area contributed by atoms with E-state index in [1.807, 2.05) is 98.1 Å². The number of rotatable bonds is 9. The van der Waals surface area contributed by atoms with Crippen LogP contribution in [-0.2, 0) is 9.59 Å². The number of halogens is 1. The Kier molecular flexibility index (Phi) is 8.98. The number of thiazole rings is 1. The van der Waals surface area contributed by atoms with Crippen molar-refractivity contribution in [3.63, 3.8) is 0 Å². The van der Waals surface area contributed by atoms with E-state index < -0.39 is 0 Å². The van der Waals surface area contributed by atoms with Gasteiger partial charge in [-0.3, -0.25) is 14.2 Å². The van der Waals surface area contributed by atoms with E-state index in [0.717, 1.165) is 25.8 Å². The summed E-state index contributed by atoms with van der Waals surface area (Å²) in [6.07, 6.45) is 0. The number of carbonyl (C=O) groups is 2. The first kappa shape index (κ1) is 29.1. The van der Waals surface area contributed by atoms with E-state index >= 15 is 0 Å². The van der Waals surface area contributed by atoms with E-state index in [4.69, 9.17) is 11.6 Å². The molecule has 0 bridgehead atoms. The molecule has 0 radical (unpaired) electrons. The van der Waals surface area contributed by atoms with Gasteiger partial charge in [-0.2, -0.15) is 0 Å². The number of hydrogen-bond acceptors (Lipinski definition) is 8. The molecule has 0 saturated carbocycles. The average Bonchev–Trinajstić information content (AvgIpc) is 3.54. The second kappa shape index (κ2) is 12.6. The lowest BCUT2D eigenvalue weighted by Crippen LogP contribution is -2.41. The zero-order valence-corrected chi connectivity index (χ0v) is 25.8. The van der Waals surface area contributed by atoms with Gasteiger partial charge in [0.1, 0.15) is 0 Å². The van der Waals surface area contributed by atoms with E-state index in [1.165, 1.54) is 34.9 Å². The number of nitrogens with zero attached hydrogens (tertiary/aromatic N) is 4. The number of aromatic nitrogens is 4. The molecule has 0 aliphatic rings. The molecule has 0 aliphatic carbocycles. The fourth-order valence-corrected chi connectivity index (χ4v) is 6.70. The number of anilines is 1. The van der Waals surface area contributed by atoms with Crippen molar-refractivity contribution in [3.8, 4) is 17.1 Å². The molecule has 0 unspecified atom stereocenters. The van der Waals surface area contributed by atoms with Gasteiger partial charge in [-0.1, -0.05) is 53.3 Å². The highest BCUT2D eigenvalue weighted by atomic mass is 35.5. The van der Waals surface area contributed by atoms with Crippen LogP contribution < -0.4 is 10.6 Å². The van der Waals surface area contributed by atoms with Gasteiger partial charge >= 0.3 is 0 Å². The average molecular weight is 623 g/mol. The Labute approximate surface area is 255 Å². The summed E-state index contributed by atoms with van der Waals surface area (Å²) in [4.78, 5) is 29.7. The van der Waals surface area contributed by atoms with Crippen molar-refractivity contribution < 1.29 is 9.59 Å². The predicted molar refractivity (Wildman–Crippen MR) is 169 cm³/mol. The van der Waals surface area contributed by atoms with Crippen molar-refractivity contribution >= 4 is 74.2 Å². The molecular formula is C29H27ClN6O2S3. The lowest BCUT2D eigenvalue weighted by atomic mass is 10.1. The van der Waals surface area contributed by atoms with Crippen LogP contribution in [-0.4, -0.2) is 48.6 Å². The monoisotopic (exact) mass is 622 g/mol. The van der Waals surface area contributed by atoms with Gasteiger partial charge in [0.2, 0.25) is 11.8 Å². The molecule has 3 aromatic carbocycles. The minimum Gasteiger partial charge on any atom is -0.351 e. The van der Waals surface area contributed by atoms with Crippen molar-refractivity contribution in [1.82, 2.24) is 25.1 Å². The first-order valence-corrected chi connectivity index (χ1v) is 15.8. The lowest BCUT2D eigenvalue weighted by molar-refractivity contribution is -0.120. The molecule has 2 amide bonds. The molecule has 0 spiro atoms. The van der Waals surface area contributed by atoms with Gasteiger partial charge in [0, 0.05) is 27.5 Å². The Bertz CT molecular complexity index is 1680. The number of benzene rings is 3. The zero-order valence-electron chi connectivity index (χ0n) is 22.6. The predicted octanol–water partition coefficient (Wildman–Crippen LogP) is 6.94. The van der Waals surface area contributed by atoms with Gasteiger partial charge in [-0.25, -0.2) is 4.98 Å². The quantitative estimate of drug-likeness (QED) is 0.172. The van der Waals surface area contributed by atoms with E-state index in [0.29, 0.717) is 27.4 Å². The molecule has 12 heteroatoms. The van der Waals surface area contributed by atoms with Crippen LogP contribution in [0.15, 0.2) is 82.3 Å². The summed E-state index contributed by atoms with van der Waals surface area (Å²) >= 11 is 10.3. The van der Waals surface area contributed by atoms with Crippen LogP contribution in [0, 0.1) is 0 Å². The van der Waals surface area contributed by atoms with Crippen LogP contribution in [0.2, 0.25) is 5.02 Å². The number of fused-ring (bicyclic) bond motifs is 1. The minimum atomic E-state index is -0.271. The number of carbonyl (C=O) groups excluding carboxylic acids is 2. The number of para-hydroxylation sites is 1. The molecule has 5 aromatic rings. The molecule has 41 heavy (non-hydrogen) atoms. The van der Waals surface area contributed by atoms with Crippen molar-refractivity contribution in [3.05, 3.63) is 77.8 Å². The van der Waals surface area contributed by atoms with Gasteiger partial charge in [0.05, 0.1) is 21.7 Å². The molecule has 0 aliphatic heterocycles. The maximum absolute atomic E-state index is 12.9. The van der Waals surface area contributed by atoms with Gasteiger partial charge in [0.25, 0.3) is 0 Å². The first-order chi connectivity index (χ1) is 19.6. The summed E-state index contributed by atoms with van der Waals surface area (Å²) in [6, 6.07) is 22.8. The molecule has 2 aromatic heterocycles. The molecule has 8 nitrogen and oxygen atoms in total. The fraction of sp³-hybridized carbons (Fsp3) is 0.207. The van der Waals surface area contributed by atoms with Crippen molar-refractivity contribution in [1.29, 1.82) is 0 Å². The van der Waals surface area contributed by atoms with Crippen LogP contribution in [0.3, 0.4) is 0 Å². The summed E-state index contributed by atoms with van der Waals surface area (Å²) in [5.74, 6) is 0.913. The summed E-state index contributed by atoms with van der Waals surface area (Å²) in [5.41, 5.74) is 3.00. The Morgan fingerprint density at radius 2 is 1.66 bits per heavy atom. The number of hydrogen-bond donors (Lipinski definition) is 2. The minimum absolute atomic E-state index is 0.0319. The highest BCUT2D eigenvalue weighted by molar-refractivity contribution is 8.01. The number of amides is 2. The largest absolute Gasteiger partial charge is 0.351 e. The summed E-state index contributed by atoms with van der Waals surface area (Å²) in [7, 11) is 0. The summed E-state index contributed by atoms with van der Waals surface area (Å²) in [5, 5.41) is 16.0. The van der Waals surface area contributed by atoms with Crippen LogP contribution in [0.1, 0.15) is 20.8 Å². The molecule has 0 fully saturated rings. The van der Waals surface area contributed by atoms with Crippen molar-refractivity contribution in [2.45, 2.75) is 35.8 Å².